The van der Waals surface area contributed by atoms with Crippen LogP contribution in [0.2, 0.25) is 5.15 Å². The van der Waals surface area contributed by atoms with E-state index in [2.05, 4.69) is 36.2 Å². The van der Waals surface area contributed by atoms with E-state index in [1.165, 1.54) is 0 Å². The number of halogens is 2. The van der Waals surface area contributed by atoms with Gasteiger partial charge in [-0.25, -0.2) is 14.6 Å². The minimum Gasteiger partial charge on any atom is -0.245 e. The molecule has 0 aliphatic heterocycles. The van der Waals surface area contributed by atoms with Crippen LogP contribution in [0.25, 0.3) is 11.4 Å². The van der Waals surface area contributed by atoms with Crippen molar-refractivity contribution >= 4 is 27.5 Å². The van der Waals surface area contributed by atoms with Crippen LogP contribution in [0.4, 0.5) is 0 Å². The van der Waals surface area contributed by atoms with Gasteiger partial charge in [0.25, 0.3) is 0 Å². The molecule has 0 aromatic carbocycles. The summed E-state index contributed by atoms with van der Waals surface area (Å²) >= 11 is 9.62. The summed E-state index contributed by atoms with van der Waals surface area (Å²) in [6.45, 7) is 8.04. The molecule has 0 aliphatic carbocycles. The van der Waals surface area contributed by atoms with Crippen molar-refractivity contribution in [2.45, 2.75) is 33.1 Å². The van der Waals surface area contributed by atoms with Gasteiger partial charge in [0.05, 0.1) is 5.69 Å². The van der Waals surface area contributed by atoms with E-state index in [4.69, 9.17) is 11.6 Å². The van der Waals surface area contributed by atoms with Crippen LogP contribution < -0.4 is 0 Å². The first kappa shape index (κ1) is 14.4. The highest BCUT2D eigenvalue weighted by Gasteiger charge is 2.23. The predicted octanol–water partition coefficient (Wildman–Crippen LogP) is 3.29. The van der Waals surface area contributed by atoms with E-state index < -0.39 is 0 Å². The van der Waals surface area contributed by atoms with Gasteiger partial charge in [-0.05, 0) is 22.9 Å². The second-order valence-electron chi connectivity index (χ2n) is 5.41. The second kappa shape index (κ2) is 4.83. The van der Waals surface area contributed by atoms with E-state index in [0.717, 1.165) is 17.0 Å². The zero-order valence-corrected chi connectivity index (χ0v) is 13.8. The van der Waals surface area contributed by atoms with Crippen molar-refractivity contribution in [3.63, 3.8) is 0 Å². The molecular formula is C12H15BrClN5. The van der Waals surface area contributed by atoms with Crippen molar-refractivity contribution in [3.05, 3.63) is 21.1 Å². The fourth-order valence-corrected chi connectivity index (χ4v) is 2.32. The van der Waals surface area contributed by atoms with Crippen molar-refractivity contribution in [2.24, 2.45) is 7.05 Å². The molecule has 0 radical (unpaired) electrons. The highest BCUT2D eigenvalue weighted by Crippen LogP contribution is 2.32. The third-order valence-electron chi connectivity index (χ3n) is 2.77. The van der Waals surface area contributed by atoms with Crippen molar-refractivity contribution in [2.75, 3.05) is 0 Å². The molecule has 0 saturated carbocycles. The first-order valence-corrected chi connectivity index (χ1v) is 6.99. The van der Waals surface area contributed by atoms with Crippen molar-refractivity contribution in [1.82, 2.24) is 25.0 Å². The normalized spacial score (nSPS) is 11.9. The summed E-state index contributed by atoms with van der Waals surface area (Å²) in [6, 6.07) is 0. The summed E-state index contributed by atoms with van der Waals surface area (Å²) in [6.07, 6.45) is 0. The standard InChI is InChI=1S/C12H15BrClN5/c1-6-7(8-9(13)17-18-19(8)5)15-11(12(2,3)4)16-10(6)14/h1-5H3. The van der Waals surface area contributed by atoms with Crippen LogP contribution in [0, 0.1) is 6.92 Å². The maximum Gasteiger partial charge on any atom is 0.157 e. The highest BCUT2D eigenvalue weighted by atomic mass is 79.9. The van der Waals surface area contributed by atoms with E-state index in [0.29, 0.717) is 15.6 Å². The Labute approximate surface area is 125 Å². The smallest absolute Gasteiger partial charge is 0.157 e. The van der Waals surface area contributed by atoms with E-state index >= 15 is 0 Å². The Balaban J connectivity index is 2.74. The van der Waals surface area contributed by atoms with E-state index in [1.54, 1.807) is 4.68 Å². The topological polar surface area (TPSA) is 56.5 Å². The first-order chi connectivity index (χ1) is 8.71. The van der Waals surface area contributed by atoms with Crippen LogP contribution in [0.15, 0.2) is 4.60 Å². The summed E-state index contributed by atoms with van der Waals surface area (Å²) in [5.74, 6) is 0.700. The third-order valence-corrected chi connectivity index (χ3v) is 3.67. The molecule has 2 rings (SSSR count). The van der Waals surface area contributed by atoms with Crippen molar-refractivity contribution < 1.29 is 0 Å². The predicted molar refractivity (Wildman–Crippen MR) is 78.2 cm³/mol. The molecule has 0 amide bonds. The lowest BCUT2D eigenvalue weighted by Gasteiger charge is -2.19. The molecule has 2 heterocycles. The quantitative estimate of drug-likeness (QED) is 0.745. The number of rotatable bonds is 1. The zero-order chi connectivity index (χ0) is 14.4. The van der Waals surface area contributed by atoms with Gasteiger partial charge in [0, 0.05) is 18.0 Å². The largest absolute Gasteiger partial charge is 0.245 e. The Morgan fingerprint density at radius 2 is 1.84 bits per heavy atom. The fraction of sp³-hybridized carbons (Fsp3) is 0.500. The number of hydrogen-bond acceptors (Lipinski definition) is 4. The molecule has 0 saturated heterocycles. The summed E-state index contributed by atoms with van der Waals surface area (Å²) in [5, 5.41) is 8.41. The molecule has 102 valence electrons. The molecule has 0 N–H and O–H groups in total. The molecule has 0 fully saturated rings. The number of aromatic nitrogens is 5. The molecule has 0 spiro atoms. The van der Waals surface area contributed by atoms with Gasteiger partial charge < -0.3 is 0 Å². The Bertz CT molecular complexity index is 610. The van der Waals surface area contributed by atoms with Gasteiger partial charge in [0.15, 0.2) is 4.60 Å². The Morgan fingerprint density at radius 3 is 2.32 bits per heavy atom. The maximum absolute atomic E-state index is 6.23. The summed E-state index contributed by atoms with van der Waals surface area (Å²) in [5.41, 5.74) is 2.20. The number of nitrogens with zero attached hydrogens (tertiary/aromatic N) is 5. The van der Waals surface area contributed by atoms with Crippen LogP contribution in [0.1, 0.15) is 32.2 Å². The lowest BCUT2D eigenvalue weighted by Crippen LogP contribution is -2.17. The van der Waals surface area contributed by atoms with Gasteiger partial charge in [0.1, 0.15) is 16.7 Å². The fourth-order valence-electron chi connectivity index (χ4n) is 1.64. The monoisotopic (exact) mass is 343 g/mol. The molecule has 2 aromatic rings. The number of hydrogen-bond donors (Lipinski definition) is 0. The van der Waals surface area contributed by atoms with Gasteiger partial charge in [-0.15, -0.1) is 5.10 Å². The third kappa shape index (κ3) is 2.65. The molecule has 0 bridgehead atoms. The minimum absolute atomic E-state index is 0.176. The zero-order valence-electron chi connectivity index (χ0n) is 11.5. The molecule has 19 heavy (non-hydrogen) atoms. The van der Waals surface area contributed by atoms with Crippen LogP contribution in [-0.2, 0) is 12.5 Å². The SMILES string of the molecule is Cc1c(Cl)nc(C(C)(C)C)nc1-c1c(Br)nnn1C. The average molecular weight is 345 g/mol. The average Bonchev–Trinajstić information content (AvgIpc) is 2.61. The molecule has 5 nitrogen and oxygen atoms in total. The molecular weight excluding hydrogens is 330 g/mol. The minimum atomic E-state index is -0.176. The number of aryl methyl sites for hydroxylation is 1. The maximum atomic E-state index is 6.23. The summed E-state index contributed by atoms with van der Waals surface area (Å²) in [7, 11) is 1.82. The summed E-state index contributed by atoms with van der Waals surface area (Å²) < 4.78 is 2.31. The Kier molecular flexibility index (Phi) is 3.66. The van der Waals surface area contributed by atoms with Gasteiger partial charge in [-0.2, -0.15) is 0 Å². The molecule has 7 heteroatoms. The molecule has 0 unspecified atom stereocenters. The van der Waals surface area contributed by atoms with Gasteiger partial charge in [-0.3, -0.25) is 0 Å². The highest BCUT2D eigenvalue weighted by molar-refractivity contribution is 9.10. The van der Waals surface area contributed by atoms with Crippen LogP contribution in [-0.4, -0.2) is 25.0 Å². The first-order valence-electron chi connectivity index (χ1n) is 5.82. The molecule has 2 aromatic heterocycles. The van der Waals surface area contributed by atoms with Crippen LogP contribution in [0.3, 0.4) is 0 Å². The van der Waals surface area contributed by atoms with E-state index in [-0.39, 0.29) is 5.41 Å². The second-order valence-corrected chi connectivity index (χ2v) is 6.52. The van der Waals surface area contributed by atoms with Crippen molar-refractivity contribution in [3.8, 4) is 11.4 Å². The lowest BCUT2D eigenvalue weighted by molar-refractivity contribution is 0.545. The van der Waals surface area contributed by atoms with Gasteiger partial charge >= 0.3 is 0 Å². The Morgan fingerprint density at radius 1 is 1.21 bits per heavy atom. The van der Waals surface area contributed by atoms with E-state index in [9.17, 15) is 0 Å². The Hall–Kier alpha value is -1.01. The van der Waals surface area contributed by atoms with Gasteiger partial charge in [-0.1, -0.05) is 37.6 Å². The summed E-state index contributed by atoms with van der Waals surface area (Å²) in [4.78, 5) is 9.00. The van der Waals surface area contributed by atoms with Crippen LogP contribution in [0.5, 0.6) is 0 Å². The van der Waals surface area contributed by atoms with Crippen molar-refractivity contribution in [1.29, 1.82) is 0 Å². The van der Waals surface area contributed by atoms with Gasteiger partial charge in [0.2, 0.25) is 0 Å². The molecule has 0 aliphatic rings. The van der Waals surface area contributed by atoms with E-state index in [1.807, 2.05) is 34.7 Å². The molecule has 0 atom stereocenters. The van der Waals surface area contributed by atoms with Crippen LogP contribution >= 0.6 is 27.5 Å². The lowest BCUT2D eigenvalue weighted by atomic mass is 9.95.